The number of non-ortho nitro benzene ring substituents is 1. The molecule has 2 aromatic rings. The number of nitro groups is 1. The monoisotopic (exact) mass is 276 g/mol. The molecule has 0 fully saturated rings. The Morgan fingerprint density at radius 1 is 1.25 bits per heavy atom. The Morgan fingerprint density at radius 2 is 1.95 bits per heavy atom. The van der Waals surface area contributed by atoms with Crippen molar-refractivity contribution in [1.29, 1.82) is 0 Å². The van der Waals surface area contributed by atoms with E-state index in [0.29, 0.717) is 6.54 Å². The van der Waals surface area contributed by atoms with Gasteiger partial charge in [-0.1, -0.05) is 6.07 Å². The number of methoxy groups -OCH3 is 1. The Kier molecular flexibility index (Phi) is 4.14. The van der Waals surface area contributed by atoms with Gasteiger partial charge in [-0.25, -0.2) is 4.39 Å². The molecule has 0 aliphatic carbocycles. The van der Waals surface area contributed by atoms with Crippen molar-refractivity contribution >= 4 is 11.4 Å². The highest BCUT2D eigenvalue weighted by Crippen LogP contribution is 2.19. The summed E-state index contributed by atoms with van der Waals surface area (Å²) in [6.45, 7) is 0.415. The van der Waals surface area contributed by atoms with E-state index < -0.39 is 10.7 Å². The van der Waals surface area contributed by atoms with Gasteiger partial charge in [-0.05, 0) is 29.8 Å². The van der Waals surface area contributed by atoms with Gasteiger partial charge in [-0.15, -0.1) is 0 Å². The number of hydrogen-bond donors (Lipinski definition) is 1. The van der Waals surface area contributed by atoms with Crippen molar-refractivity contribution in [2.45, 2.75) is 6.54 Å². The number of hydrogen-bond acceptors (Lipinski definition) is 4. The fourth-order valence-corrected chi connectivity index (χ4v) is 1.72. The topological polar surface area (TPSA) is 64.4 Å². The van der Waals surface area contributed by atoms with Gasteiger partial charge in [0.1, 0.15) is 0 Å². The number of nitrogens with zero attached hydrogens (tertiary/aromatic N) is 1. The van der Waals surface area contributed by atoms with Gasteiger partial charge in [0.15, 0.2) is 11.6 Å². The smallest absolute Gasteiger partial charge is 0.269 e. The van der Waals surface area contributed by atoms with Crippen LogP contribution in [0.4, 0.5) is 15.8 Å². The van der Waals surface area contributed by atoms with Gasteiger partial charge in [0.05, 0.1) is 12.0 Å². The lowest BCUT2D eigenvalue weighted by Gasteiger charge is -2.08. The standard InChI is InChI=1S/C14H13FN2O3/c1-20-14-7-2-10(8-13(14)15)9-16-11-3-5-12(6-4-11)17(18)19/h2-8,16H,9H2,1H3. The third-order valence-corrected chi connectivity index (χ3v) is 2.79. The molecule has 5 nitrogen and oxygen atoms in total. The Labute approximate surface area is 115 Å². The first-order valence-electron chi connectivity index (χ1n) is 5.91. The van der Waals surface area contributed by atoms with Crippen LogP contribution in [0.2, 0.25) is 0 Å². The number of ether oxygens (including phenoxy) is 1. The van der Waals surface area contributed by atoms with Gasteiger partial charge in [-0.2, -0.15) is 0 Å². The van der Waals surface area contributed by atoms with Gasteiger partial charge in [0.2, 0.25) is 0 Å². The quantitative estimate of drug-likeness (QED) is 0.671. The first-order chi connectivity index (χ1) is 9.60. The molecule has 104 valence electrons. The summed E-state index contributed by atoms with van der Waals surface area (Å²) in [4.78, 5) is 10.1. The van der Waals surface area contributed by atoms with Crippen LogP contribution in [-0.4, -0.2) is 12.0 Å². The maximum absolute atomic E-state index is 13.5. The maximum atomic E-state index is 13.5. The molecule has 0 radical (unpaired) electrons. The second-order valence-corrected chi connectivity index (χ2v) is 4.13. The molecule has 0 aliphatic rings. The Bertz CT molecular complexity index is 614. The summed E-state index contributed by atoms with van der Waals surface area (Å²) >= 11 is 0. The zero-order valence-corrected chi connectivity index (χ0v) is 10.8. The first-order valence-corrected chi connectivity index (χ1v) is 5.91. The largest absolute Gasteiger partial charge is 0.494 e. The molecule has 6 heteroatoms. The summed E-state index contributed by atoms with van der Waals surface area (Å²) in [5.74, 6) is -0.223. The van der Waals surface area contributed by atoms with Crippen LogP contribution in [0.1, 0.15) is 5.56 Å². The van der Waals surface area contributed by atoms with Gasteiger partial charge in [0.25, 0.3) is 5.69 Å². The average molecular weight is 276 g/mol. The number of anilines is 1. The highest BCUT2D eigenvalue weighted by molar-refractivity contribution is 5.49. The molecule has 0 bridgehead atoms. The van der Waals surface area contributed by atoms with Gasteiger partial charge < -0.3 is 10.1 Å². The third-order valence-electron chi connectivity index (χ3n) is 2.79. The minimum atomic E-state index is -0.456. The van der Waals surface area contributed by atoms with E-state index in [1.807, 2.05) is 0 Å². The molecule has 0 unspecified atom stereocenters. The second-order valence-electron chi connectivity index (χ2n) is 4.13. The van der Waals surface area contributed by atoms with Crippen molar-refractivity contribution in [2.24, 2.45) is 0 Å². The molecular formula is C14H13FN2O3. The lowest BCUT2D eigenvalue weighted by molar-refractivity contribution is -0.384. The zero-order chi connectivity index (χ0) is 14.5. The fraction of sp³-hybridized carbons (Fsp3) is 0.143. The summed E-state index contributed by atoms with van der Waals surface area (Å²) in [6, 6.07) is 10.7. The minimum absolute atomic E-state index is 0.0334. The van der Waals surface area contributed by atoms with Crippen LogP contribution >= 0.6 is 0 Å². The molecule has 0 aliphatic heterocycles. The lowest BCUT2D eigenvalue weighted by atomic mass is 10.2. The number of rotatable bonds is 5. The molecule has 2 aromatic carbocycles. The molecule has 2 rings (SSSR count). The van der Waals surface area contributed by atoms with E-state index in [9.17, 15) is 14.5 Å². The molecule has 0 atom stereocenters. The summed E-state index contributed by atoms with van der Waals surface area (Å²) in [7, 11) is 1.41. The Morgan fingerprint density at radius 3 is 2.50 bits per heavy atom. The van der Waals surface area contributed by atoms with Gasteiger partial charge in [0, 0.05) is 24.4 Å². The van der Waals surface area contributed by atoms with Crippen LogP contribution in [0.15, 0.2) is 42.5 Å². The Balaban J connectivity index is 2.01. The summed E-state index contributed by atoms with van der Waals surface area (Å²) in [6.07, 6.45) is 0. The molecule has 0 saturated carbocycles. The van der Waals surface area contributed by atoms with E-state index in [2.05, 4.69) is 5.32 Å². The average Bonchev–Trinajstić information content (AvgIpc) is 2.45. The number of halogens is 1. The van der Waals surface area contributed by atoms with Crippen molar-refractivity contribution in [3.05, 3.63) is 64.0 Å². The minimum Gasteiger partial charge on any atom is -0.494 e. The SMILES string of the molecule is COc1ccc(CNc2ccc([N+](=O)[O-])cc2)cc1F. The normalized spacial score (nSPS) is 10.1. The van der Waals surface area contributed by atoms with Crippen molar-refractivity contribution in [1.82, 2.24) is 0 Å². The van der Waals surface area contributed by atoms with Crippen molar-refractivity contribution in [2.75, 3.05) is 12.4 Å². The molecule has 0 aromatic heterocycles. The zero-order valence-electron chi connectivity index (χ0n) is 10.8. The maximum Gasteiger partial charge on any atom is 0.269 e. The summed E-state index contributed by atoms with van der Waals surface area (Å²) < 4.78 is 18.3. The third kappa shape index (κ3) is 3.23. The van der Waals surface area contributed by atoms with E-state index in [0.717, 1.165) is 11.3 Å². The molecule has 0 saturated heterocycles. The predicted molar refractivity (Wildman–Crippen MR) is 73.4 cm³/mol. The summed E-state index contributed by atoms with van der Waals surface area (Å²) in [5.41, 5.74) is 1.51. The van der Waals surface area contributed by atoms with Crippen molar-refractivity contribution in [3.63, 3.8) is 0 Å². The van der Waals surface area contributed by atoms with Crippen LogP contribution in [-0.2, 0) is 6.54 Å². The van der Waals surface area contributed by atoms with Crippen LogP contribution in [0, 0.1) is 15.9 Å². The first kappa shape index (κ1) is 13.8. The fourth-order valence-electron chi connectivity index (χ4n) is 1.72. The Hall–Kier alpha value is -2.63. The van der Waals surface area contributed by atoms with Crippen molar-refractivity contribution in [3.8, 4) is 5.75 Å². The van der Waals surface area contributed by atoms with Crippen molar-refractivity contribution < 1.29 is 14.1 Å². The predicted octanol–water partition coefficient (Wildman–Crippen LogP) is 3.35. The molecule has 0 amide bonds. The second kappa shape index (κ2) is 6.01. The van der Waals surface area contributed by atoms with Gasteiger partial charge >= 0.3 is 0 Å². The van der Waals surface area contributed by atoms with Gasteiger partial charge in [-0.3, -0.25) is 10.1 Å². The molecule has 0 spiro atoms. The van der Waals surface area contributed by atoms with E-state index in [1.54, 1.807) is 24.3 Å². The molecular weight excluding hydrogens is 263 g/mol. The van der Waals surface area contributed by atoms with Crippen LogP contribution in [0.3, 0.4) is 0 Å². The van der Waals surface area contributed by atoms with E-state index in [4.69, 9.17) is 4.74 Å². The van der Waals surface area contributed by atoms with Crippen LogP contribution in [0.5, 0.6) is 5.75 Å². The lowest BCUT2D eigenvalue weighted by Crippen LogP contribution is -2.00. The van der Waals surface area contributed by atoms with E-state index >= 15 is 0 Å². The number of nitro benzene ring substituents is 1. The number of benzene rings is 2. The van der Waals surface area contributed by atoms with E-state index in [1.165, 1.54) is 25.3 Å². The van der Waals surface area contributed by atoms with Crippen LogP contribution < -0.4 is 10.1 Å². The molecule has 0 heterocycles. The molecule has 1 N–H and O–H groups in total. The number of nitrogens with one attached hydrogen (secondary N) is 1. The highest BCUT2D eigenvalue weighted by atomic mass is 19.1. The summed E-state index contributed by atoms with van der Waals surface area (Å²) in [5, 5.41) is 13.6. The molecule has 20 heavy (non-hydrogen) atoms. The van der Waals surface area contributed by atoms with Crippen LogP contribution in [0.25, 0.3) is 0 Å². The highest BCUT2D eigenvalue weighted by Gasteiger charge is 2.05. The van der Waals surface area contributed by atoms with E-state index in [-0.39, 0.29) is 11.4 Å².